The molecule has 3 aromatic rings. The molecule has 34 heavy (non-hydrogen) atoms. The molecule has 0 aliphatic carbocycles. The molecule has 8 heteroatoms. The third kappa shape index (κ3) is 5.22. The summed E-state index contributed by atoms with van der Waals surface area (Å²) in [5.41, 5.74) is 1.13. The van der Waals surface area contributed by atoms with E-state index in [9.17, 15) is 14.7 Å². The summed E-state index contributed by atoms with van der Waals surface area (Å²) in [6.07, 6.45) is 2.77. The standard InChI is InChI=1S/C26H29NO7/c1-6-33-21-8-7-17-19(18(21)11-24(28)29)12-27-13-20(17)25(30)16-9-22(31-4)26(23(10-16)32-5)34-14-15(2)3/h7-10,12-13,15H,6,11,14H2,1-5H3,(H,28,29). The van der Waals surface area contributed by atoms with Crippen LogP contribution in [0.5, 0.6) is 23.0 Å². The zero-order valence-electron chi connectivity index (χ0n) is 20.0. The van der Waals surface area contributed by atoms with Gasteiger partial charge in [0.05, 0.1) is 33.9 Å². The van der Waals surface area contributed by atoms with Gasteiger partial charge in [-0.3, -0.25) is 14.6 Å². The molecular weight excluding hydrogens is 438 g/mol. The van der Waals surface area contributed by atoms with Crippen molar-refractivity contribution in [2.75, 3.05) is 27.4 Å². The maximum absolute atomic E-state index is 13.6. The summed E-state index contributed by atoms with van der Waals surface area (Å²) in [6, 6.07) is 6.64. The lowest BCUT2D eigenvalue weighted by atomic mass is 9.95. The van der Waals surface area contributed by atoms with Gasteiger partial charge in [0.2, 0.25) is 5.75 Å². The molecule has 8 nitrogen and oxygen atoms in total. The number of carboxylic acid groups (broad SMARTS) is 1. The Morgan fingerprint density at radius 2 is 1.65 bits per heavy atom. The highest BCUT2D eigenvalue weighted by Gasteiger charge is 2.22. The van der Waals surface area contributed by atoms with Crippen LogP contribution >= 0.6 is 0 Å². The fourth-order valence-electron chi connectivity index (χ4n) is 3.65. The van der Waals surface area contributed by atoms with Crippen LogP contribution in [0.1, 0.15) is 42.3 Å². The molecule has 0 atom stereocenters. The van der Waals surface area contributed by atoms with E-state index in [1.807, 2.05) is 20.8 Å². The Balaban J connectivity index is 2.13. The van der Waals surface area contributed by atoms with E-state index in [0.29, 0.717) is 69.6 Å². The number of aromatic nitrogens is 1. The van der Waals surface area contributed by atoms with Crippen LogP contribution in [0.2, 0.25) is 0 Å². The summed E-state index contributed by atoms with van der Waals surface area (Å²) in [5.74, 6) is 0.616. The second kappa shape index (κ2) is 10.9. The van der Waals surface area contributed by atoms with Crippen molar-refractivity contribution in [1.82, 2.24) is 4.98 Å². The third-order valence-electron chi connectivity index (χ3n) is 5.17. The number of nitrogens with zero attached hydrogens (tertiary/aromatic N) is 1. The lowest BCUT2D eigenvalue weighted by Gasteiger charge is -2.17. The number of carbonyl (C=O) groups excluding carboxylic acids is 1. The second-order valence-corrected chi connectivity index (χ2v) is 8.07. The minimum Gasteiger partial charge on any atom is -0.494 e. The minimum atomic E-state index is -1.00. The number of benzene rings is 2. The Morgan fingerprint density at radius 1 is 0.971 bits per heavy atom. The van der Waals surface area contributed by atoms with Gasteiger partial charge in [0.1, 0.15) is 5.75 Å². The Morgan fingerprint density at radius 3 is 2.21 bits per heavy atom. The van der Waals surface area contributed by atoms with Crippen LogP contribution in [-0.2, 0) is 11.2 Å². The summed E-state index contributed by atoms with van der Waals surface area (Å²) in [4.78, 5) is 29.3. The molecular formula is C26H29NO7. The first kappa shape index (κ1) is 24.8. The van der Waals surface area contributed by atoms with Crippen molar-refractivity contribution >= 4 is 22.5 Å². The Kier molecular flexibility index (Phi) is 7.94. The number of hydrogen-bond acceptors (Lipinski definition) is 7. The molecule has 0 aliphatic rings. The van der Waals surface area contributed by atoms with E-state index in [4.69, 9.17) is 18.9 Å². The quantitative estimate of drug-likeness (QED) is 0.410. The average molecular weight is 468 g/mol. The number of carboxylic acids is 1. The largest absolute Gasteiger partial charge is 0.494 e. The predicted octanol–water partition coefficient (Wildman–Crippen LogP) is 4.54. The number of rotatable bonds is 11. The number of aliphatic carboxylic acids is 1. The molecule has 0 unspecified atom stereocenters. The molecule has 0 radical (unpaired) electrons. The number of pyridine rings is 1. The Labute approximate surface area is 198 Å². The zero-order chi connectivity index (χ0) is 24.8. The molecule has 0 spiro atoms. The fourth-order valence-corrected chi connectivity index (χ4v) is 3.65. The molecule has 0 saturated heterocycles. The molecule has 1 heterocycles. The van der Waals surface area contributed by atoms with Gasteiger partial charge in [-0.25, -0.2) is 0 Å². The zero-order valence-corrected chi connectivity index (χ0v) is 20.0. The summed E-state index contributed by atoms with van der Waals surface area (Å²) in [6.45, 7) is 6.72. The highest BCUT2D eigenvalue weighted by atomic mass is 16.5. The van der Waals surface area contributed by atoms with Crippen molar-refractivity contribution in [3.8, 4) is 23.0 Å². The van der Waals surface area contributed by atoms with E-state index in [-0.39, 0.29) is 12.2 Å². The van der Waals surface area contributed by atoms with Crippen LogP contribution in [0.4, 0.5) is 0 Å². The number of methoxy groups -OCH3 is 2. The van der Waals surface area contributed by atoms with Crippen molar-refractivity contribution in [3.63, 3.8) is 0 Å². The van der Waals surface area contributed by atoms with Gasteiger partial charge in [-0.1, -0.05) is 13.8 Å². The first-order chi connectivity index (χ1) is 16.3. The number of fused-ring (bicyclic) bond motifs is 1. The molecule has 1 N–H and O–H groups in total. The first-order valence-electron chi connectivity index (χ1n) is 11.0. The monoisotopic (exact) mass is 467 g/mol. The molecule has 0 amide bonds. The van der Waals surface area contributed by atoms with Crippen molar-refractivity contribution in [2.24, 2.45) is 5.92 Å². The number of ether oxygens (including phenoxy) is 4. The second-order valence-electron chi connectivity index (χ2n) is 8.07. The van der Waals surface area contributed by atoms with E-state index >= 15 is 0 Å². The van der Waals surface area contributed by atoms with Gasteiger partial charge < -0.3 is 24.1 Å². The van der Waals surface area contributed by atoms with Gasteiger partial charge in [0, 0.05) is 34.5 Å². The van der Waals surface area contributed by atoms with E-state index < -0.39 is 5.97 Å². The van der Waals surface area contributed by atoms with Gasteiger partial charge in [-0.2, -0.15) is 0 Å². The van der Waals surface area contributed by atoms with E-state index in [1.165, 1.54) is 20.4 Å². The maximum Gasteiger partial charge on any atom is 0.307 e. The molecule has 0 saturated carbocycles. The van der Waals surface area contributed by atoms with Gasteiger partial charge >= 0.3 is 5.97 Å². The summed E-state index contributed by atoms with van der Waals surface area (Å²) >= 11 is 0. The fraction of sp³-hybridized carbons (Fsp3) is 0.346. The van der Waals surface area contributed by atoms with Gasteiger partial charge in [-0.05, 0) is 42.5 Å². The molecule has 3 rings (SSSR count). The average Bonchev–Trinajstić information content (AvgIpc) is 2.82. The van der Waals surface area contributed by atoms with Crippen LogP contribution in [0, 0.1) is 5.92 Å². The number of ketones is 1. The first-order valence-corrected chi connectivity index (χ1v) is 11.0. The normalized spacial score (nSPS) is 10.9. The van der Waals surface area contributed by atoms with Gasteiger partial charge in [0.15, 0.2) is 17.3 Å². The smallest absolute Gasteiger partial charge is 0.307 e. The number of hydrogen-bond donors (Lipinski definition) is 1. The third-order valence-corrected chi connectivity index (χ3v) is 5.17. The summed E-state index contributed by atoms with van der Waals surface area (Å²) < 4.78 is 22.5. The minimum absolute atomic E-state index is 0.254. The summed E-state index contributed by atoms with van der Waals surface area (Å²) in [7, 11) is 3.00. The summed E-state index contributed by atoms with van der Waals surface area (Å²) in [5, 5.41) is 10.5. The predicted molar refractivity (Wildman–Crippen MR) is 128 cm³/mol. The van der Waals surface area contributed by atoms with E-state index in [2.05, 4.69) is 4.98 Å². The Hall–Kier alpha value is -3.81. The van der Waals surface area contributed by atoms with Gasteiger partial charge in [-0.15, -0.1) is 0 Å². The van der Waals surface area contributed by atoms with Crippen LogP contribution < -0.4 is 18.9 Å². The molecule has 0 fully saturated rings. The Bertz CT molecular complexity index is 1180. The highest BCUT2D eigenvalue weighted by molar-refractivity contribution is 6.17. The van der Waals surface area contributed by atoms with Crippen LogP contribution in [0.25, 0.3) is 10.8 Å². The van der Waals surface area contributed by atoms with Crippen molar-refractivity contribution in [2.45, 2.75) is 27.2 Å². The molecule has 1 aromatic heterocycles. The molecule has 2 aromatic carbocycles. The molecule has 0 bridgehead atoms. The van der Waals surface area contributed by atoms with Crippen molar-refractivity contribution in [1.29, 1.82) is 0 Å². The van der Waals surface area contributed by atoms with Crippen molar-refractivity contribution in [3.05, 3.63) is 53.3 Å². The van der Waals surface area contributed by atoms with Crippen LogP contribution in [0.3, 0.4) is 0 Å². The van der Waals surface area contributed by atoms with Crippen LogP contribution in [-0.4, -0.2) is 49.3 Å². The SMILES string of the molecule is CCOc1ccc2c(C(=O)c3cc(OC)c(OCC(C)C)c(OC)c3)cncc2c1CC(=O)O. The van der Waals surface area contributed by atoms with Crippen molar-refractivity contribution < 1.29 is 33.6 Å². The maximum atomic E-state index is 13.6. The molecule has 0 aliphatic heterocycles. The van der Waals surface area contributed by atoms with Gasteiger partial charge in [0.25, 0.3) is 0 Å². The topological polar surface area (TPSA) is 104 Å². The lowest BCUT2D eigenvalue weighted by molar-refractivity contribution is -0.136. The molecule has 180 valence electrons. The lowest BCUT2D eigenvalue weighted by Crippen LogP contribution is -2.09. The van der Waals surface area contributed by atoms with E-state index in [0.717, 1.165) is 0 Å². The number of carbonyl (C=O) groups is 2. The van der Waals surface area contributed by atoms with E-state index in [1.54, 1.807) is 30.5 Å². The highest BCUT2D eigenvalue weighted by Crippen LogP contribution is 2.40. The van der Waals surface area contributed by atoms with Crippen LogP contribution in [0.15, 0.2) is 36.7 Å².